The van der Waals surface area contributed by atoms with Crippen LogP contribution in [0.4, 0.5) is 13.2 Å². The lowest BCUT2D eigenvalue weighted by molar-refractivity contribution is -0.137. The van der Waals surface area contributed by atoms with E-state index in [2.05, 4.69) is 0 Å². The predicted molar refractivity (Wildman–Crippen MR) is 124 cm³/mol. The second-order valence-electron chi connectivity index (χ2n) is 8.53. The van der Waals surface area contributed by atoms with Crippen molar-refractivity contribution in [3.8, 4) is 0 Å². The molecule has 1 heterocycles. The van der Waals surface area contributed by atoms with Crippen molar-refractivity contribution in [3.05, 3.63) is 89.9 Å². The van der Waals surface area contributed by atoms with Gasteiger partial charge in [0.05, 0.1) is 29.8 Å². The smallest absolute Gasteiger partial charge is 0.416 e. The molecule has 188 valence electrons. The van der Waals surface area contributed by atoms with Crippen molar-refractivity contribution in [2.75, 3.05) is 13.1 Å². The van der Waals surface area contributed by atoms with Crippen molar-refractivity contribution >= 4 is 15.9 Å². The van der Waals surface area contributed by atoms with Gasteiger partial charge in [0.2, 0.25) is 15.9 Å². The van der Waals surface area contributed by atoms with Gasteiger partial charge in [-0.15, -0.1) is 0 Å². The maximum atomic E-state index is 13.4. The number of halogens is 3. The van der Waals surface area contributed by atoms with Crippen LogP contribution in [-0.4, -0.2) is 36.6 Å². The second kappa shape index (κ2) is 11.1. The third kappa shape index (κ3) is 7.19. The first-order chi connectivity index (χ1) is 16.5. The van der Waals surface area contributed by atoms with Crippen LogP contribution in [0.25, 0.3) is 0 Å². The van der Waals surface area contributed by atoms with Gasteiger partial charge in [0.15, 0.2) is 0 Å². The number of hydrogen-bond donors (Lipinski definition) is 0. The molecule has 6 nitrogen and oxygen atoms in total. The number of sulfonamides is 1. The molecule has 3 aromatic rings. The molecule has 10 heteroatoms. The Hall–Kier alpha value is -3.11. The Bertz CT molecular complexity index is 1210. The van der Waals surface area contributed by atoms with E-state index in [1.165, 1.54) is 11.2 Å². The van der Waals surface area contributed by atoms with Gasteiger partial charge in [-0.2, -0.15) is 17.5 Å². The first kappa shape index (κ1) is 26.5. The largest absolute Gasteiger partial charge is 0.467 e. The topological polar surface area (TPSA) is 70.8 Å². The van der Waals surface area contributed by atoms with E-state index in [-0.39, 0.29) is 25.6 Å². The molecule has 0 aliphatic rings. The Morgan fingerprint density at radius 1 is 0.971 bits per heavy atom. The number of carbonyl (C=O) groups excluding carboxylic acids is 1. The van der Waals surface area contributed by atoms with E-state index in [0.29, 0.717) is 11.8 Å². The quantitative estimate of drug-likeness (QED) is 0.379. The molecule has 1 aromatic heterocycles. The summed E-state index contributed by atoms with van der Waals surface area (Å²) in [7, 11) is -4.38. The molecule has 0 aliphatic heterocycles. The molecule has 0 radical (unpaired) electrons. The molecule has 0 unspecified atom stereocenters. The summed E-state index contributed by atoms with van der Waals surface area (Å²) in [5.74, 6) is -0.150. The molecular formula is C25H27F3N2O4S. The third-order valence-corrected chi connectivity index (χ3v) is 6.98. The molecule has 0 aliphatic carbocycles. The van der Waals surface area contributed by atoms with Gasteiger partial charge in [-0.05, 0) is 41.8 Å². The van der Waals surface area contributed by atoms with Crippen molar-refractivity contribution in [2.45, 2.75) is 38.0 Å². The highest BCUT2D eigenvalue weighted by molar-refractivity contribution is 7.89. The van der Waals surface area contributed by atoms with Crippen LogP contribution in [0.1, 0.15) is 30.7 Å². The van der Waals surface area contributed by atoms with E-state index in [4.69, 9.17) is 4.42 Å². The van der Waals surface area contributed by atoms with Crippen molar-refractivity contribution < 1.29 is 30.8 Å². The Kier molecular flexibility index (Phi) is 8.39. The number of amides is 1. The van der Waals surface area contributed by atoms with Crippen molar-refractivity contribution in [2.24, 2.45) is 5.92 Å². The number of alkyl halides is 3. The van der Waals surface area contributed by atoms with Gasteiger partial charge in [-0.25, -0.2) is 8.42 Å². The summed E-state index contributed by atoms with van der Waals surface area (Å²) in [4.78, 5) is 14.3. The van der Waals surface area contributed by atoms with E-state index in [1.807, 2.05) is 30.3 Å². The van der Waals surface area contributed by atoms with Gasteiger partial charge in [0.25, 0.3) is 0 Å². The number of rotatable bonds is 10. The minimum atomic E-state index is -4.69. The molecule has 0 spiro atoms. The number of carbonyl (C=O) groups is 1. The highest BCUT2D eigenvalue weighted by atomic mass is 32.2. The SMILES string of the molecule is CC(C)CN(CC(=O)N(Cc1ccccc1)Cc1ccco1)S(=O)(=O)c1cccc(C(F)(F)F)c1. The minimum Gasteiger partial charge on any atom is -0.467 e. The highest BCUT2D eigenvalue weighted by Crippen LogP contribution is 2.31. The Morgan fingerprint density at radius 2 is 1.69 bits per heavy atom. The molecule has 35 heavy (non-hydrogen) atoms. The van der Waals surface area contributed by atoms with Crippen LogP contribution >= 0.6 is 0 Å². The molecule has 0 atom stereocenters. The fraction of sp³-hybridized carbons (Fsp3) is 0.320. The van der Waals surface area contributed by atoms with Crippen molar-refractivity contribution in [1.29, 1.82) is 0 Å². The van der Waals surface area contributed by atoms with Crippen molar-refractivity contribution in [3.63, 3.8) is 0 Å². The van der Waals surface area contributed by atoms with Crippen molar-refractivity contribution in [1.82, 2.24) is 9.21 Å². The fourth-order valence-electron chi connectivity index (χ4n) is 3.51. The van der Waals surface area contributed by atoms with Gasteiger partial charge < -0.3 is 9.32 Å². The molecule has 0 N–H and O–H groups in total. The van der Waals surface area contributed by atoms with Gasteiger partial charge in [-0.1, -0.05) is 50.2 Å². The van der Waals surface area contributed by atoms with E-state index in [9.17, 15) is 26.4 Å². The summed E-state index contributed by atoms with van der Waals surface area (Å²) in [6.45, 7) is 3.29. The van der Waals surface area contributed by atoms with Crippen LogP contribution in [0.15, 0.2) is 82.3 Å². The molecule has 1 amide bonds. The first-order valence-corrected chi connectivity index (χ1v) is 12.4. The molecule has 0 fully saturated rings. The predicted octanol–water partition coefficient (Wildman–Crippen LogP) is 5.17. The molecule has 0 saturated carbocycles. The van der Waals surface area contributed by atoms with Gasteiger partial charge >= 0.3 is 6.18 Å². The maximum Gasteiger partial charge on any atom is 0.416 e. The molecule has 0 saturated heterocycles. The Balaban J connectivity index is 1.90. The highest BCUT2D eigenvalue weighted by Gasteiger charge is 2.34. The third-order valence-electron chi connectivity index (χ3n) is 5.18. The molecule has 0 bridgehead atoms. The van der Waals surface area contributed by atoms with Gasteiger partial charge in [-0.3, -0.25) is 4.79 Å². The van der Waals surface area contributed by atoms with E-state index >= 15 is 0 Å². The average Bonchev–Trinajstić information content (AvgIpc) is 3.31. The molecule has 3 rings (SSSR count). The minimum absolute atomic E-state index is 0.0375. The number of nitrogens with zero attached hydrogens (tertiary/aromatic N) is 2. The zero-order valence-electron chi connectivity index (χ0n) is 19.4. The van der Waals surface area contributed by atoms with Crippen LogP contribution in [0, 0.1) is 5.92 Å². The van der Waals surface area contributed by atoms with Crippen LogP contribution in [-0.2, 0) is 34.1 Å². The standard InChI is InChI=1S/C25H27F3N2O4S/c1-19(2)15-30(35(32,33)23-12-6-10-21(14-23)25(26,27)28)18-24(31)29(17-22-11-7-13-34-22)16-20-8-4-3-5-9-20/h3-14,19H,15-18H2,1-2H3. The maximum absolute atomic E-state index is 13.4. The fourth-order valence-corrected chi connectivity index (χ4v) is 5.11. The summed E-state index contributed by atoms with van der Waals surface area (Å²) in [5.41, 5.74) is -0.235. The van der Waals surface area contributed by atoms with Crippen LogP contribution in [0.5, 0.6) is 0 Å². The lowest BCUT2D eigenvalue weighted by Crippen LogP contribution is -2.43. The summed E-state index contributed by atoms with van der Waals surface area (Å²) in [6.07, 6.45) is -3.22. The summed E-state index contributed by atoms with van der Waals surface area (Å²) in [5, 5.41) is 0. The molecular weight excluding hydrogens is 481 g/mol. The van der Waals surface area contributed by atoms with Crippen LogP contribution < -0.4 is 0 Å². The molecule has 2 aromatic carbocycles. The normalized spacial score (nSPS) is 12.3. The number of benzene rings is 2. The first-order valence-electron chi connectivity index (χ1n) is 11.0. The zero-order valence-corrected chi connectivity index (χ0v) is 20.2. The average molecular weight is 509 g/mol. The van der Waals surface area contributed by atoms with Crippen LogP contribution in [0.3, 0.4) is 0 Å². The van der Waals surface area contributed by atoms with E-state index in [0.717, 1.165) is 28.1 Å². The summed E-state index contributed by atoms with van der Waals surface area (Å²) in [6, 6.07) is 16.1. The summed E-state index contributed by atoms with van der Waals surface area (Å²) < 4.78 is 72.6. The second-order valence-corrected chi connectivity index (χ2v) is 10.5. The van der Waals surface area contributed by atoms with Gasteiger partial charge in [0.1, 0.15) is 5.76 Å². The van der Waals surface area contributed by atoms with E-state index in [1.54, 1.807) is 26.0 Å². The van der Waals surface area contributed by atoms with Gasteiger partial charge in [0, 0.05) is 13.1 Å². The lowest BCUT2D eigenvalue weighted by Gasteiger charge is -2.28. The number of hydrogen-bond acceptors (Lipinski definition) is 4. The van der Waals surface area contributed by atoms with E-state index < -0.39 is 39.1 Å². The Morgan fingerprint density at radius 3 is 2.29 bits per heavy atom. The summed E-state index contributed by atoms with van der Waals surface area (Å²) >= 11 is 0. The van der Waals surface area contributed by atoms with Crippen LogP contribution in [0.2, 0.25) is 0 Å². The monoisotopic (exact) mass is 508 g/mol. The number of furan rings is 1. The lowest BCUT2D eigenvalue weighted by atomic mass is 10.2. The Labute approximate surface area is 203 Å². The zero-order chi connectivity index (χ0) is 25.6.